The van der Waals surface area contributed by atoms with Crippen LogP contribution in [0.1, 0.15) is 17.5 Å². The van der Waals surface area contributed by atoms with Crippen LogP contribution in [-0.4, -0.2) is 40.0 Å². The summed E-state index contributed by atoms with van der Waals surface area (Å²) in [4.78, 5) is 24.2. The Morgan fingerprint density at radius 1 is 0.621 bits per heavy atom. The van der Waals surface area contributed by atoms with Crippen molar-refractivity contribution >= 4 is 23.7 Å². The molecular formula is C23H24O6. The van der Waals surface area contributed by atoms with Gasteiger partial charge in [0.05, 0.1) is 34.9 Å². The lowest BCUT2D eigenvalue weighted by Crippen LogP contribution is -2.02. The van der Waals surface area contributed by atoms with Crippen molar-refractivity contribution in [3.8, 4) is 23.0 Å². The van der Waals surface area contributed by atoms with E-state index in [2.05, 4.69) is 0 Å². The summed E-state index contributed by atoms with van der Waals surface area (Å²) in [7, 11) is 6.21. The minimum Gasteiger partial charge on any atom is -0.497 e. The topological polar surface area (TPSA) is 71.1 Å². The molecule has 2 aromatic carbocycles. The highest BCUT2D eigenvalue weighted by Crippen LogP contribution is 2.24. The molecule has 0 spiro atoms. The number of ketones is 2. The second-order valence-corrected chi connectivity index (χ2v) is 6.07. The third-order valence-corrected chi connectivity index (χ3v) is 4.02. The van der Waals surface area contributed by atoms with Crippen LogP contribution in [0.5, 0.6) is 23.0 Å². The molecule has 0 aliphatic heterocycles. The van der Waals surface area contributed by atoms with Crippen LogP contribution in [-0.2, 0) is 9.59 Å². The highest BCUT2D eigenvalue weighted by atomic mass is 16.5. The van der Waals surface area contributed by atoms with Crippen molar-refractivity contribution in [2.75, 3.05) is 28.4 Å². The second-order valence-electron chi connectivity index (χ2n) is 6.07. The molecule has 6 heteroatoms. The quantitative estimate of drug-likeness (QED) is 0.447. The number of hydrogen-bond acceptors (Lipinski definition) is 6. The maximum absolute atomic E-state index is 12.1. The van der Waals surface area contributed by atoms with Crippen molar-refractivity contribution in [3.05, 3.63) is 59.7 Å². The smallest absolute Gasteiger partial charge is 0.163 e. The highest BCUT2D eigenvalue weighted by molar-refractivity contribution is 6.10. The van der Waals surface area contributed by atoms with Gasteiger partial charge in [-0.15, -0.1) is 0 Å². The van der Waals surface area contributed by atoms with Crippen LogP contribution in [0.15, 0.2) is 48.6 Å². The Hall–Kier alpha value is -3.54. The summed E-state index contributed by atoms with van der Waals surface area (Å²) in [6, 6.07) is 10.5. The SMILES string of the molecule is COc1cc(C=CC(=O)CC(=O)C=Cc2cc(OC)cc(OC)c2)cc(OC)c1. The van der Waals surface area contributed by atoms with Crippen molar-refractivity contribution in [2.24, 2.45) is 0 Å². The monoisotopic (exact) mass is 396 g/mol. The Morgan fingerprint density at radius 3 is 1.21 bits per heavy atom. The first kappa shape index (κ1) is 21.8. The number of hydrogen-bond donors (Lipinski definition) is 0. The summed E-state index contributed by atoms with van der Waals surface area (Å²) >= 11 is 0. The lowest BCUT2D eigenvalue weighted by Gasteiger charge is -2.05. The number of benzene rings is 2. The molecule has 0 unspecified atom stereocenters. The van der Waals surface area contributed by atoms with Crippen molar-refractivity contribution < 1.29 is 28.5 Å². The van der Waals surface area contributed by atoms with Crippen molar-refractivity contribution in [1.29, 1.82) is 0 Å². The molecule has 0 atom stereocenters. The van der Waals surface area contributed by atoms with Gasteiger partial charge in [0.15, 0.2) is 11.6 Å². The van der Waals surface area contributed by atoms with Crippen molar-refractivity contribution in [2.45, 2.75) is 6.42 Å². The molecule has 2 aromatic rings. The first-order valence-electron chi connectivity index (χ1n) is 8.85. The molecule has 2 rings (SSSR count). The van der Waals surface area contributed by atoms with Gasteiger partial charge in [0, 0.05) is 12.1 Å². The molecule has 0 amide bonds. The third-order valence-electron chi connectivity index (χ3n) is 4.02. The molecule has 0 aliphatic carbocycles. The van der Waals surface area contributed by atoms with Crippen LogP contribution >= 0.6 is 0 Å². The fourth-order valence-corrected chi connectivity index (χ4v) is 2.52. The predicted molar refractivity (Wildman–Crippen MR) is 112 cm³/mol. The largest absolute Gasteiger partial charge is 0.497 e. The average molecular weight is 396 g/mol. The molecule has 0 radical (unpaired) electrons. The summed E-state index contributed by atoms with van der Waals surface area (Å²) in [5, 5.41) is 0. The predicted octanol–water partition coefficient (Wildman–Crippen LogP) is 3.98. The van der Waals surface area contributed by atoms with Gasteiger partial charge in [0.25, 0.3) is 0 Å². The van der Waals surface area contributed by atoms with E-state index >= 15 is 0 Å². The lowest BCUT2D eigenvalue weighted by atomic mass is 10.1. The molecule has 0 bridgehead atoms. The Labute approximate surface area is 170 Å². The van der Waals surface area contributed by atoms with Crippen molar-refractivity contribution in [3.63, 3.8) is 0 Å². The first-order chi connectivity index (χ1) is 14.0. The van der Waals surface area contributed by atoms with Gasteiger partial charge in [-0.1, -0.05) is 12.2 Å². The van der Waals surface area contributed by atoms with Crippen LogP contribution in [0, 0.1) is 0 Å². The number of carbonyl (C=O) groups excluding carboxylic acids is 2. The van der Waals surface area contributed by atoms with Gasteiger partial charge < -0.3 is 18.9 Å². The van der Waals surface area contributed by atoms with E-state index in [4.69, 9.17) is 18.9 Å². The molecule has 0 aliphatic rings. The van der Waals surface area contributed by atoms with E-state index in [-0.39, 0.29) is 18.0 Å². The zero-order chi connectivity index (χ0) is 21.2. The number of methoxy groups -OCH3 is 4. The molecule has 0 N–H and O–H groups in total. The van der Waals surface area contributed by atoms with Crippen molar-refractivity contribution in [1.82, 2.24) is 0 Å². The molecule has 0 aromatic heterocycles. The van der Waals surface area contributed by atoms with E-state index in [1.165, 1.54) is 12.2 Å². The molecule has 6 nitrogen and oxygen atoms in total. The fraction of sp³-hybridized carbons (Fsp3) is 0.217. The Kier molecular flexibility index (Phi) is 8.03. The summed E-state index contributed by atoms with van der Waals surface area (Å²) in [5.74, 6) is 1.86. The van der Waals surface area contributed by atoms with Gasteiger partial charge >= 0.3 is 0 Å². The maximum Gasteiger partial charge on any atom is 0.163 e. The van der Waals surface area contributed by atoms with Gasteiger partial charge in [0.1, 0.15) is 23.0 Å². The number of ether oxygens (including phenoxy) is 4. The molecule has 0 fully saturated rings. The summed E-state index contributed by atoms with van der Waals surface area (Å²) in [6.45, 7) is 0. The van der Waals surface area contributed by atoms with Gasteiger partial charge in [-0.05, 0) is 47.5 Å². The minimum absolute atomic E-state index is 0.227. The van der Waals surface area contributed by atoms with E-state index in [1.54, 1.807) is 77.0 Å². The zero-order valence-corrected chi connectivity index (χ0v) is 16.9. The highest BCUT2D eigenvalue weighted by Gasteiger charge is 2.06. The molecule has 0 heterocycles. The third kappa shape index (κ3) is 6.84. The lowest BCUT2D eigenvalue weighted by molar-refractivity contribution is -0.121. The molecule has 29 heavy (non-hydrogen) atoms. The average Bonchev–Trinajstić information content (AvgIpc) is 2.75. The first-order valence-corrected chi connectivity index (χ1v) is 8.85. The van der Waals surface area contributed by atoms with E-state index < -0.39 is 0 Å². The minimum atomic E-state index is -0.301. The van der Waals surface area contributed by atoms with E-state index in [1.807, 2.05) is 0 Å². The maximum atomic E-state index is 12.1. The second kappa shape index (κ2) is 10.7. The Morgan fingerprint density at radius 2 is 0.931 bits per heavy atom. The summed E-state index contributed by atoms with van der Waals surface area (Å²) < 4.78 is 20.8. The van der Waals surface area contributed by atoms with E-state index in [0.29, 0.717) is 23.0 Å². The zero-order valence-electron chi connectivity index (χ0n) is 16.9. The van der Waals surface area contributed by atoms with Crippen LogP contribution in [0.2, 0.25) is 0 Å². The normalized spacial score (nSPS) is 10.9. The Bertz CT molecular complexity index is 807. The molecule has 0 saturated heterocycles. The fourth-order valence-electron chi connectivity index (χ4n) is 2.52. The molecule has 152 valence electrons. The molecular weight excluding hydrogens is 372 g/mol. The Balaban J connectivity index is 2.01. The number of carbonyl (C=O) groups is 2. The van der Waals surface area contributed by atoms with E-state index in [0.717, 1.165) is 11.1 Å². The van der Waals surface area contributed by atoms with E-state index in [9.17, 15) is 9.59 Å². The van der Waals surface area contributed by atoms with Gasteiger partial charge in [-0.25, -0.2) is 0 Å². The molecule has 0 saturated carbocycles. The van der Waals surface area contributed by atoms with Crippen LogP contribution < -0.4 is 18.9 Å². The van der Waals surface area contributed by atoms with Crippen LogP contribution in [0.25, 0.3) is 12.2 Å². The number of rotatable bonds is 10. The van der Waals surface area contributed by atoms with Gasteiger partial charge in [-0.3, -0.25) is 9.59 Å². The summed E-state index contributed by atoms with van der Waals surface area (Å²) in [6.07, 6.45) is 5.76. The van der Waals surface area contributed by atoms with Gasteiger partial charge in [-0.2, -0.15) is 0 Å². The van der Waals surface area contributed by atoms with Crippen LogP contribution in [0.3, 0.4) is 0 Å². The number of allylic oxidation sites excluding steroid dienone is 2. The standard InChI is InChI=1S/C23H24O6/c1-26-20-9-16(10-21(14-20)27-2)5-7-18(24)13-19(25)8-6-17-11-22(28-3)15-23(12-17)29-4/h5-12,14-15H,13H2,1-4H3. The summed E-state index contributed by atoms with van der Waals surface area (Å²) in [5.41, 5.74) is 1.47. The van der Waals surface area contributed by atoms with Crippen LogP contribution in [0.4, 0.5) is 0 Å². The van der Waals surface area contributed by atoms with Gasteiger partial charge in [0.2, 0.25) is 0 Å².